The zero-order valence-electron chi connectivity index (χ0n) is 15.3. The Morgan fingerprint density at radius 1 is 1.11 bits per heavy atom. The fraction of sp³-hybridized carbons (Fsp3) is 0.300. The summed E-state index contributed by atoms with van der Waals surface area (Å²) in [7, 11) is 0. The van der Waals surface area contributed by atoms with Gasteiger partial charge in [-0.15, -0.1) is 0 Å². The smallest absolute Gasteiger partial charge is 0.328 e. The third kappa shape index (κ3) is 7.26. The molecule has 0 radical (unpaired) electrons. The number of rotatable bonds is 10. The fourth-order valence-electron chi connectivity index (χ4n) is 2.33. The molecule has 0 aromatic heterocycles. The number of thioether (sulfide) groups is 1. The summed E-state index contributed by atoms with van der Waals surface area (Å²) in [4.78, 5) is 24.9. The number of halogens is 2. The first-order valence-corrected chi connectivity index (χ1v) is 10.8. The molecule has 2 rings (SSSR count). The average Bonchev–Trinajstić information content (AvgIpc) is 2.68. The van der Waals surface area contributed by atoms with Crippen LogP contribution in [0.3, 0.4) is 0 Å². The zero-order chi connectivity index (χ0) is 20.4. The van der Waals surface area contributed by atoms with Gasteiger partial charge in [-0.2, -0.15) is 11.8 Å². The second-order valence-electron chi connectivity index (χ2n) is 5.76. The fourth-order valence-corrected chi connectivity index (χ4v) is 3.20. The van der Waals surface area contributed by atoms with E-state index < -0.39 is 17.9 Å². The Balaban J connectivity index is 1.87. The van der Waals surface area contributed by atoms with Crippen LogP contribution < -0.4 is 10.1 Å². The highest BCUT2D eigenvalue weighted by Crippen LogP contribution is 2.17. The third-order valence-corrected chi connectivity index (χ3v) is 4.92. The molecule has 0 saturated carbocycles. The zero-order valence-corrected chi connectivity index (χ0v) is 17.7. The monoisotopic (exact) mass is 441 g/mol. The first-order valence-electron chi connectivity index (χ1n) is 8.60. The Labute approximate surface area is 178 Å². The Bertz CT molecular complexity index is 803. The number of benzene rings is 2. The van der Waals surface area contributed by atoms with Gasteiger partial charge < -0.3 is 14.8 Å². The molecule has 0 spiro atoms. The van der Waals surface area contributed by atoms with Crippen molar-refractivity contribution in [1.29, 1.82) is 0 Å². The second kappa shape index (κ2) is 11.8. The number of esters is 1. The summed E-state index contributed by atoms with van der Waals surface area (Å²) in [6.07, 6.45) is 2.38. The van der Waals surface area contributed by atoms with Crippen LogP contribution in [-0.4, -0.2) is 43.1 Å². The number of carbonyl (C=O) groups excluding carboxylic acids is 2. The van der Waals surface area contributed by atoms with Crippen LogP contribution in [0.15, 0.2) is 48.5 Å². The van der Waals surface area contributed by atoms with Gasteiger partial charge in [0.05, 0.1) is 10.6 Å². The highest BCUT2D eigenvalue weighted by molar-refractivity contribution is 7.98. The van der Waals surface area contributed by atoms with Crippen LogP contribution in [0.25, 0.3) is 0 Å². The van der Waals surface area contributed by atoms with E-state index in [-0.39, 0.29) is 13.2 Å². The first kappa shape index (κ1) is 22.4. The van der Waals surface area contributed by atoms with E-state index in [1.807, 2.05) is 6.26 Å². The molecule has 0 fully saturated rings. The van der Waals surface area contributed by atoms with Crippen molar-refractivity contribution in [1.82, 2.24) is 5.32 Å². The molecule has 28 heavy (non-hydrogen) atoms. The lowest BCUT2D eigenvalue weighted by atomic mass is 10.1. The lowest BCUT2D eigenvalue weighted by Gasteiger charge is -2.18. The van der Waals surface area contributed by atoms with Gasteiger partial charge in [0.15, 0.2) is 0 Å². The summed E-state index contributed by atoms with van der Waals surface area (Å²) >= 11 is 13.5. The second-order valence-corrected chi connectivity index (χ2v) is 7.59. The number of carbonyl (C=O) groups is 2. The van der Waals surface area contributed by atoms with Crippen molar-refractivity contribution in [3.63, 3.8) is 0 Å². The van der Waals surface area contributed by atoms with E-state index in [2.05, 4.69) is 5.32 Å². The SMILES string of the molecule is CSCCC(NC(=O)c1ccccc1Cl)C(=O)OCCOc1cccc(Cl)c1. The minimum atomic E-state index is -0.762. The van der Waals surface area contributed by atoms with Crippen LogP contribution in [0.1, 0.15) is 16.8 Å². The van der Waals surface area contributed by atoms with Gasteiger partial charge >= 0.3 is 5.97 Å². The molecule has 2 aromatic carbocycles. The van der Waals surface area contributed by atoms with E-state index in [1.54, 1.807) is 60.3 Å². The van der Waals surface area contributed by atoms with Crippen LogP contribution in [0, 0.1) is 0 Å². The molecule has 0 aliphatic heterocycles. The molecule has 0 bridgehead atoms. The largest absolute Gasteiger partial charge is 0.490 e. The van der Waals surface area contributed by atoms with Gasteiger partial charge in [-0.05, 0) is 48.8 Å². The summed E-state index contributed by atoms with van der Waals surface area (Å²) in [5.41, 5.74) is 0.315. The van der Waals surface area contributed by atoms with E-state index in [0.29, 0.717) is 33.5 Å². The number of hydrogen-bond donors (Lipinski definition) is 1. The third-order valence-electron chi connectivity index (χ3n) is 3.71. The van der Waals surface area contributed by atoms with E-state index in [1.165, 1.54) is 0 Å². The summed E-state index contributed by atoms with van der Waals surface area (Å²) in [5, 5.41) is 3.59. The van der Waals surface area contributed by atoms with Crippen LogP contribution in [-0.2, 0) is 9.53 Å². The van der Waals surface area contributed by atoms with Gasteiger partial charge in [-0.3, -0.25) is 4.79 Å². The number of hydrogen-bond acceptors (Lipinski definition) is 5. The Morgan fingerprint density at radius 2 is 1.89 bits per heavy atom. The summed E-state index contributed by atoms with van der Waals surface area (Å²) in [6, 6.07) is 12.9. The quantitative estimate of drug-likeness (QED) is 0.435. The lowest BCUT2D eigenvalue weighted by Crippen LogP contribution is -2.42. The molecule has 150 valence electrons. The summed E-state index contributed by atoms with van der Waals surface area (Å²) in [5.74, 6) is 0.365. The molecular weight excluding hydrogens is 421 g/mol. The van der Waals surface area contributed by atoms with Crippen LogP contribution in [0.4, 0.5) is 0 Å². The Hall–Kier alpha value is -1.89. The number of nitrogens with one attached hydrogen (secondary N) is 1. The predicted molar refractivity (Wildman–Crippen MR) is 114 cm³/mol. The molecule has 0 aliphatic carbocycles. The van der Waals surface area contributed by atoms with E-state index in [9.17, 15) is 9.59 Å². The van der Waals surface area contributed by atoms with Gasteiger partial charge in [-0.25, -0.2) is 4.79 Å². The van der Waals surface area contributed by atoms with Crippen LogP contribution in [0.2, 0.25) is 10.0 Å². The van der Waals surface area contributed by atoms with E-state index >= 15 is 0 Å². The Morgan fingerprint density at radius 3 is 2.61 bits per heavy atom. The van der Waals surface area contributed by atoms with Gasteiger partial charge in [0, 0.05) is 5.02 Å². The molecule has 0 heterocycles. The minimum Gasteiger partial charge on any atom is -0.490 e. The summed E-state index contributed by atoms with van der Waals surface area (Å²) in [6.45, 7) is 0.239. The van der Waals surface area contributed by atoms with E-state index in [4.69, 9.17) is 32.7 Å². The minimum absolute atomic E-state index is 0.0586. The molecule has 1 amide bonds. The highest BCUT2D eigenvalue weighted by atomic mass is 35.5. The van der Waals surface area contributed by atoms with Crippen molar-refractivity contribution in [2.24, 2.45) is 0 Å². The van der Waals surface area contributed by atoms with Crippen molar-refractivity contribution in [2.45, 2.75) is 12.5 Å². The molecule has 1 N–H and O–H groups in total. The van der Waals surface area contributed by atoms with Gasteiger partial charge in [0.2, 0.25) is 0 Å². The average molecular weight is 442 g/mol. The van der Waals surface area contributed by atoms with Crippen molar-refractivity contribution >= 4 is 46.8 Å². The van der Waals surface area contributed by atoms with Crippen LogP contribution >= 0.6 is 35.0 Å². The van der Waals surface area contributed by atoms with Crippen LogP contribution in [0.5, 0.6) is 5.75 Å². The topological polar surface area (TPSA) is 64.6 Å². The lowest BCUT2D eigenvalue weighted by molar-refractivity contribution is -0.146. The van der Waals surface area contributed by atoms with Crippen molar-refractivity contribution < 1.29 is 19.1 Å². The van der Waals surface area contributed by atoms with E-state index in [0.717, 1.165) is 0 Å². The molecule has 1 unspecified atom stereocenters. The highest BCUT2D eigenvalue weighted by Gasteiger charge is 2.23. The van der Waals surface area contributed by atoms with Crippen molar-refractivity contribution in [3.05, 3.63) is 64.1 Å². The standard InChI is InChI=1S/C20H21Cl2NO4S/c1-28-12-9-18(23-19(24)16-7-2-3-8-17(16)22)20(25)27-11-10-26-15-6-4-5-14(21)13-15/h2-8,13,18H,9-12H2,1H3,(H,23,24). The predicted octanol–water partition coefficient (Wildman–Crippen LogP) is 4.47. The van der Waals surface area contributed by atoms with Gasteiger partial charge in [0.1, 0.15) is 25.0 Å². The first-order chi connectivity index (χ1) is 13.5. The normalized spacial score (nSPS) is 11.5. The van der Waals surface area contributed by atoms with Crippen molar-refractivity contribution in [2.75, 3.05) is 25.2 Å². The molecular formula is C20H21Cl2NO4S. The van der Waals surface area contributed by atoms with Gasteiger partial charge in [-0.1, -0.05) is 41.4 Å². The van der Waals surface area contributed by atoms with Crippen molar-refractivity contribution in [3.8, 4) is 5.75 Å². The molecule has 0 aliphatic rings. The maximum atomic E-state index is 12.4. The molecule has 1 atom stereocenters. The molecule has 0 saturated heterocycles. The molecule has 5 nitrogen and oxygen atoms in total. The summed E-state index contributed by atoms with van der Waals surface area (Å²) < 4.78 is 10.8. The number of amides is 1. The number of ether oxygens (including phenoxy) is 2. The maximum absolute atomic E-state index is 12.4. The van der Waals surface area contributed by atoms with Gasteiger partial charge in [0.25, 0.3) is 5.91 Å². The Kier molecular flexibility index (Phi) is 9.47. The maximum Gasteiger partial charge on any atom is 0.328 e. The molecule has 8 heteroatoms. The molecule has 2 aromatic rings.